The van der Waals surface area contributed by atoms with Gasteiger partial charge in [0, 0.05) is 42.6 Å². The summed E-state index contributed by atoms with van der Waals surface area (Å²) in [7, 11) is 3.77. The lowest BCUT2D eigenvalue weighted by molar-refractivity contribution is 0.628. The molecule has 1 aromatic heterocycles. The maximum absolute atomic E-state index is 13.3. The molecule has 0 saturated heterocycles. The maximum Gasteiger partial charge on any atom is 0.125 e. The largest absolute Gasteiger partial charge is 0.356 e. The molecule has 1 heterocycles. The zero-order chi connectivity index (χ0) is 20.4. The molecule has 0 spiro atoms. The van der Waals surface area contributed by atoms with Gasteiger partial charge in [0.15, 0.2) is 0 Å². The summed E-state index contributed by atoms with van der Waals surface area (Å²) >= 11 is 0. The Morgan fingerprint density at radius 1 is 1.22 bits per heavy atom. The highest BCUT2D eigenvalue weighted by molar-refractivity contribution is 6.09. The third-order valence-corrected chi connectivity index (χ3v) is 3.94. The zero-order valence-electron chi connectivity index (χ0n) is 17.2. The number of anilines is 1. The molecule has 2 rings (SSSR count). The molecular formula is C23H30FN3. The van der Waals surface area contributed by atoms with Crippen LogP contribution in [-0.4, -0.2) is 17.8 Å². The van der Waals surface area contributed by atoms with Crippen molar-refractivity contribution in [3.05, 3.63) is 70.8 Å². The van der Waals surface area contributed by atoms with Crippen LogP contribution < -0.4 is 15.9 Å². The van der Waals surface area contributed by atoms with Crippen molar-refractivity contribution >= 4 is 29.6 Å². The van der Waals surface area contributed by atoms with Gasteiger partial charge in [-0.25, -0.2) is 4.39 Å². The van der Waals surface area contributed by atoms with Gasteiger partial charge in [0.25, 0.3) is 0 Å². The number of nitrogens with zero attached hydrogens (tertiary/aromatic N) is 2. The number of allylic oxidation sites excluding steroid dienone is 3. The number of halogens is 1. The first-order chi connectivity index (χ1) is 13.0. The lowest BCUT2D eigenvalue weighted by Crippen LogP contribution is -2.28. The maximum atomic E-state index is 13.3. The topological polar surface area (TPSA) is 29.3 Å². The standard InChI is InChI=1S/C21H24FN3.C2H6/c1-6-16-12-21(17(7-2)14-23-4)25(5)20(16)11-15(3)24-19-10-8-9-18(22)13-19;1-2/h6-14,24H,3H2,1-2,4-5H3;1-2H3/b16-6-,17-7+,20-11+,23-14?;. The van der Waals surface area contributed by atoms with E-state index in [1.54, 1.807) is 19.2 Å². The van der Waals surface area contributed by atoms with E-state index in [1.165, 1.54) is 12.1 Å². The van der Waals surface area contributed by atoms with Gasteiger partial charge >= 0.3 is 0 Å². The smallest absolute Gasteiger partial charge is 0.125 e. The van der Waals surface area contributed by atoms with E-state index in [1.807, 2.05) is 53.1 Å². The van der Waals surface area contributed by atoms with Crippen LogP contribution in [0.5, 0.6) is 0 Å². The number of hydrogen-bond acceptors (Lipinski definition) is 2. The molecule has 0 amide bonds. The average Bonchev–Trinajstić information content (AvgIpc) is 2.97. The van der Waals surface area contributed by atoms with Crippen molar-refractivity contribution in [2.45, 2.75) is 27.7 Å². The summed E-state index contributed by atoms with van der Waals surface area (Å²) in [5.74, 6) is -0.280. The van der Waals surface area contributed by atoms with E-state index in [9.17, 15) is 4.39 Å². The molecule has 144 valence electrons. The molecule has 2 aromatic rings. The fourth-order valence-corrected chi connectivity index (χ4v) is 2.71. The first kappa shape index (κ1) is 22.2. The van der Waals surface area contributed by atoms with Gasteiger partial charge in [0.2, 0.25) is 0 Å². The third-order valence-electron chi connectivity index (χ3n) is 3.94. The molecular weight excluding hydrogens is 337 g/mol. The van der Waals surface area contributed by atoms with Gasteiger partial charge in [-0.15, -0.1) is 0 Å². The Morgan fingerprint density at radius 2 is 1.93 bits per heavy atom. The van der Waals surface area contributed by atoms with Gasteiger partial charge in [-0.2, -0.15) is 0 Å². The minimum Gasteiger partial charge on any atom is -0.356 e. The monoisotopic (exact) mass is 367 g/mol. The molecule has 1 aromatic carbocycles. The normalized spacial score (nSPS) is 12.9. The van der Waals surface area contributed by atoms with Crippen molar-refractivity contribution in [2.24, 2.45) is 12.0 Å². The number of rotatable bonds is 5. The highest BCUT2D eigenvalue weighted by atomic mass is 19.1. The lowest BCUT2D eigenvalue weighted by atomic mass is 10.2. The second-order valence-electron chi connectivity index (χ2n) is 5.65. The number of benzene rings is 1. The molecule has 0 aliphatic rings. The van der Waals surface area contributed by atoms with Crippen molar-refractivity contribution in [2.75, 3.05) is 12.4 Å². The first-order valence-electron chi connectivity index (χ1n) is 9.14. The zero-order valence-corrected chi connectivity index (χ0v) is 17.2. The van der Waals surface area contributed by atoms with Crippen molar-refractivity contribution in [3.8, 4) is 0 Å². The Balaban J connectivity index is 0.00000176. The molecule has 0 unspecified atom stereocenters. The van der Waals surface area contributed by atoms with Gasteiger partial charge in [0.1, 0.15) is 5.82 Å². The highest BCUT2D eigenvalue weighted by Crippen LogP contribution is 2.12. The minimum absolute atomic E-state index is 0.280. The molecule has 0 bridgehead atoms. The van der Waals surface area contributed by atoms with Gasteiger partial charge in [0.05, 0.1) is 5.69 Å². The van der Waals surface area contributed by atoms with Crippen LogP contribution in [-0.2, 0) is 7.05 Å². The van der Waals surface area contributed by atoms with Gasteiger partial charge in [-0.1, -0.05) is 38.6 Å². The third kappa shape index (κ3) is 5.81. The quantitative estimate of drug-likeness (QED) is 0.775. The number of hydrogen-bond donors (Lipinski definition) is 1. The Bertz CT molecular complexity index is 946. The van der Waals surface area contributed by atoms with Crippen molar-refractivity contribution in [3.63, 3.8) is 0 Å². The van der Waals surface area contributed by atoms with E-state index in [4.69, 9.17) is 0 Å². The Labute approximate surface area is 162 Å². The molecule has 0 aliphatic heterocycles. The van der Waals surface area contributed by atoms with E-state index in [0.717, 1.165) is 21.8 Å². The number of nitrogens with one attached hydrogen (secondary N) is 1. The predicted molar refractivity (Wildman–Crippen MR) is 118 cm³/mol. The Morgan fingerprint density at radius 3 is 2.48 bits per heavy atom. The number of aliphatic imine (C=N–C) groups is 1. The highest BCUT2D eigenvalue weighted by Gasteiger charge is 2.06. The van der Waals surface area contributed by atoms with Crippen molar-refractivity contribution in [1.29, 1.82) is 0 Å². The van der Waals surface area contributed by atoms with E-state index in [2.05, 4.69) is 33.6 Å². The Hall–Kier alpha value is -2.88. The first-order valence-corrected chi connectivity index (χ1v) is 9.14. The molecule has 1 N–H and O–H groups in total. The van der Waals surface area contributed by atoms with E-state index < -0.39 is 0 Å². The van der Waals surface area contributed by atoms with Gasteiger partial charge in [-0.3, -0.25) is 4.99 Å². The van der Waals surface area contributed by atoms with E-state index in [0.29, 0.717) is 11.4 Å². The molecule has 27 heavy (non-hydrogen) atoms. The summed E-state index contributed by atoms with van der Waals surface area (Å²) < 4.78 is 15.4. The fourth-order valence-electron chi connectivity index (χ4n) is 2.71. The van der Waals surface area contributed by atoms with Crippen molar-refractivity contribution < 1.29 is 4.39 Å². The summed E-state index contributed by atoms with van der Waals surface area (Å²) in [6.07, 6.45) is 7.89. The second kappa shape index (κ2) is 11.0. The summed E-state index contributed by atoms with van der Waals surface area (Å²) in [5.41, 5.74) is 3.49. The summed E-state index contributed by atoms with van der Waals surface area (Å²) in [6, 6.07) is 8.45. The molecule has 4 heteroatoms. The predicted octanol–water partition coefficient (Wildman–Crippen LogP) is 4.50. The van der Waals surface area contributed by atoms with Crippen LogP contribution in [0.4, 0.5) is 10.1 Å². The van der Waals surface area contributed by atoms with Crippen LogP contribution in [0.15, 0.2) is 53.7 Å². The van der Waals surface area contributed by atoms with Crippen LogP contribution in [0.25, 0.3) is 17.7 Å². The molecule has 3 nitrogen and oxygen atoms in total. The SMILES string of the molecule is C=C(/C=c1\c(=C/C)cc(/C(C=NC)=C/C)n1C)Nc1cccc(F)c1.CC. The van der Waals surface area contributed by atoms with Gasteiger partial charge in [-0.05, 0) is 49.4 Å². The summed E-state index contributed by atoms with van der Waals surface area (Å²) in [4.78, 5) is 4.12. The number of aromatic nitrogens is 1. The van der Waals surface area contributed by atoms with Crippen LogP contribution in [0.3, 0.4) is 0 Å². The van der Waals surface area contributed by atoms with Crippen LogP contribution in [0, 0.1) is 5.82 Å². The molecule has 0 saturated carbocycles. The van der Waals surface area contributed by atoms with Crippen LogP contribution >= 0.6 is 0 Å². The van der Waals surface area contributed by atoms with Crippen LogP contribution in [0.1, 0.15) is 33.4 Å². The van der Waals surface area contributed by atoms with Gasteiger partial charge < -0.3 is 9.88 Å². The lowest BCUT2D eigenvalue weighted by Gasteiger charge is -2.07. The molecule has 0 atom stereocenters. The average molecular weight is 368 g/mol. The summed E-state index contributed by atoms with van der Waals surface area (Å²) in [6.45, 7) is 12.0. The molecule has 0 radical (unpaired) electrons. The van der Waals surface area contributed by atoms with Crippen LogP contribution in [0.2, 0.25) is 0 Å². The Kier molecular flexibility index (Phi) is 9.00. The molecule has 0 aliphatic carbocycles. The van der Waals surface area contributed by atoms with E-state index >= 15 is 0 Å². The second-order valence-corrected chi connectivity index (χ2v) is 5.65. The molecule has 0 fully saturated rings. The fraction of sp³-hybridized carbons (Fsp3) is 0.261. The van der Waals surface area contributed by atoms with E-state index in [-0.39, 0.29) is 5.82 Å². The summed E-state index contributed by atoms with van der Waals surface area (Å²) in [5, 5.41) is 5.25. The minimum atomic E-state index is -0.280. The van der Waals surface area contributed by atoms with Crippen molar-refractivity contribution in [1.82, 2.24) is 4.57 Å².